The number of nitrogens with zero attached hydrogens (tertiary/aromatic N) is 5. The van der Waals surface area contributed by atoms with Crippen LogP contribution in [0.15, 0.2) is 48.5 Å². The van der Waals surface area contributed by atoms with Crippen molar-refractivity contribution in [2.45, 2.75) is 37.7 Å². The van der Waals surface area contributed by atoms with Crippen LogP contribution in [-0.4, -0.2) is 56.5 Å². The highest BCUT2D eigenvalue weighted by atomic mass is 19.4. The summed E-state index contributed by atoms with van der Waals surface area (Å²) in [4.78, 5) is 2.03. The summed E-state index contributed by atoms with van der Waals surface area (Å²) in [5.41, 5.74) is 0.671. The van der Waals surface area contributed by atoms with Crippen molar-refractivity contribution in [2.24, 2.45) is 0 Å². The molecule has 3 aromatic rings. The van der Waals surface area contributed by atoms with Crippen LogP contribution in [-0.2, 0) is 12.7 Å². The summed E-state index contributed by atoms with van der Waals surface area (Å²) in [6, 6.07) is 12.1. The molecular weight excluding hydrogens is 423 g/mol. The van der Waals surface area contributed by atoms with Crippen LogP contribution >= 0.6 is 0 Å². The fourth-order valence-electron chi connectivity index (χ4n) is 3.98. The SMILES string of the molecule is COc1ccc(Cn2nnnc2[C@H](c2cccc(C(F)(F)F)c2)N2CCC(O)CC2)cc1. The number of hydrogen-bond donors (Lipinski definition) is 1. The summed E-state index contributed by atoms with van der Waals surface area (Å²) in [5, 5.41) is 22.0. The zero-order valence-electron chi connectivity index (χ0n) is 17.5. The van der Waals surface area contributed by atoms with E-state index in [1.54, 1.807) is 17.9 Å². The standard InChI is InChI=1S/C22H24F3N5O2/c1-32-19-7-5-15(6-8-19)14-30-21(26-27-28-30)20(29-11-9-18(31)10-12-29)16-3-2-4-17(13-16)22(23,24)25/h2-8,13,18,20,31H,9-12,14H2,1H3/t20-/m0/s1. The van der Waals surface area contributed by atoms with Gasteiger partial charge in [-0.25, -0.2) is 4.68 Å². The Morgan fingerprint density at radius 3 is 2.50 bits per heavy atom. The minimum Gasteiger partial charge on any atom is -0.497 e. The van der Waals surface area contributed by atoms with E-state index in [1.165, 1.54) is 6.07 Å². The molecule has 0 radical (unpaired) electrons. The van der Waals surface area contributed by atoms with Crippen LogP contribution in [0.25, 0.3) is 0 Å². The van der Waals surface area contributed by atoms with Gasteiger partial charge in [0.1, 0.15) is 5.75 Å². The fourth-order valence-corrected chi connectivity index (χ4v) is 3.98. The summed E-state index contributed by atoms with van der Waals surface area (Å²) in [6.07, 6.45) is -3.79. The van der Waals surface area contributed by atoms with E-state index in [4.69, 9.17) is 4.74 Å². The van der Waals surface area contributed by atoms with E-state index in [0.29, 0.717) is 43.9 Å². The van der Waals surface area contributed by atoms with E-state index in [1.807, 2.05) is 29.2 Å². The van der Waals surface area contributed by atoms with Crippen LogP contribution in [0.5, 0.6) is 5.75 Å². The van der Waals surface area contributed by atoms with E-state index in [2.05, 4.69) is 15.5 Å². The van der Waals surface area contributed by atoms with Crippen molar-refractivity contribution in [1.82, 2.24) is 25.1 Å². The first kappa shape index (κ1) is 22.2. The Morgan fingerprint density at radius 2 is 1.84 bits per heavy atom. The highest BCUT2D eigenvalue weighted by molar-refractivity contribution is 5.32. The first-order valence-electron chi connectivity index (χ1n) is 10.3. The van der Waals surface area contributed by atoms with Gasteiger partial charge in [0, 0.05) is 13.1 Å². The zero-order valence-corrected chi connectivity index (χ0v) is 17.5. The highest BCUT2D eigenvalue weighted by Crippen LogP contribution is 2.35. The second-order valence-electron chi connectivity index (χ2n) is 7.84. The summed E-state index contributed by atoms with van der Waals surface area (Å²) >= 11 is 0. The van der Waals surface area contributed by atoms with Gasteiger partial charge in [-0.05, 0) is 58.7 Å². The maximum absolute atomic E-state index is 13.4. The maximum Gasteiger partial charge on any atom is 0.416 e. The highest BCUT2D eigenvalue weighted by Gasteiger charge is 2.34. The van der Waals surface area contributed by atoms with Gasteiger partial charge < -0.3 is 9.84 Å². The van der Waals surface area contributed by atoms with Gasteiger partial charge in [0.25, 0.3) is 0 Å². The molecule has 170 valence electrons. The molecule has 0 saturated carbocycles. The third-order valence-corrected chi connectivity index (χ3v) is 5.69. The van der Waals surface area contributed by atoms with Crippen molar-refractivity contribution in [3.8, 4) is 5.75 Å². The minimum absolute atomic E-state index is 0.359. The Balaban J connectivity index is 1.70. The first-order chi connectivity index (χ1) is 15.3. The second-order valence-corrected chi connectivity index (χ2v) is 7.84. The molecule has 1 aliphatic rings. The van der Waals surface area contributed by atoms with E-state index >= 15 is 0 Å². The molecule has 1 atom stereocenters. The molecule has 0 unspecified atom stereocenters. The number of rotatable bonds is 6. The molecule has 0 aliphatic carbocycles. The molecule has 2 aromatic carbocycles. The number of benzene rings is 2. The predicted octanol–water partition coefficient (Wildman–Crippen LogP) is 3.29. The molecule has 1 N–H and O–H groups in total. The number of tetrazole rings is 1. The molecule has 0 amide bonds. The zero-order chi connectivity index (χ0) is 22.7. The van der Waals surface area contributed by atoms with Crippen LogP contribution in [0.2, 0.25) is 0 Å². The summed E-state index contributed by atoms with van der Waals surface area (Å²) in [7, 11) is 1.59. The van der Waals surface area contributed by atoms with Gasteiger partial charge in [0.2, 0.25) is 0 Å². The number of ether oxygens (including phenoxy) is 1. The molecule has 1 aliphatic heterocycles. The average molecular weight is 447 g/mol. The second kappa shape index (κ2) is 9.25. The Kier molecular flexibility index (Phi) is 6.43. The third kappa shape index (κ3) is 4.91. The molecular formula is C22H24F3N5O2. The predicted molar refractivity (Wildman–Crippen MR) is 110 cm³/mol. The van der Waals surface area contributed by atoms with Crippen LogP contribution in [0.4, 0.5) is 13.2 Å². The monoisotopic (exact) mass is 447 g/mol. The van der Waals surface area contributed by atoms with Gasteiger partial charge in [0.05, 0.1) is 31.4 Å². The van der Waals surface area contributed by atoms with Crippen molar-refractivity contribution in [2.75, 3.05) is 20.2 Å². The summed E-state index contributed by atoms with van der Waals surface area (Å²) in [5.74, 6) is 1.18. The van der Waals surface area contributed by atoms with E-state index in [-0.39, 0.29) is 0 Å². The molecule has 10 heteroatoms. The lowest BCUT2D eigenvalue weighted by molar-refractivity contribution is -0.137. The van der Waals surface area contributed by atoms with Gasteiger partial charge in [-0.2, -0.15) is 13.2 Å². The maximum atomic E-state index is 13.4. The van der Waals surface area contributed by atoms with Gasteiger partial charge >= 0.3 is 6.18 Å². The van der Waals surface area contributed by atoms with Gasteiger partial charge in [-0.1, -0.05) is 24.3 Å². The summed E-state index contributed by atoms with van der Waals surface area (Å²) in [6.45, 7) is 1.41. The van der Waals surface area contributed by atoms with Crippen molar-refractivity contribution in [3.05, 3.63) is 71.0 Å². The molecule has 32 heavy (non-hydrogen) atoms. The molecule has 1 aromatic heterocycles. The van der Waals surface area contributed by atoms with E-state index < -0.39 is 23.9 Å². The van der Waals surface area contributed by atoms with E-state index in [9.17, 15) is 18.3 Å². The number of alkyl halides is 3. The van der Waals surface area contributed by atoms with Crippen molar-refractivity contribution in [3.63, 3.8) is 0 Å². The van der Waals surface area contributed by atoms with Crippen LogP contribution in [0.1, 0.15) is 41.4 Å². The van der Waals surface area contributed by atoms with Crippen molar-refractivity contribution in [1.29, 1.82) is 0 Å². The molecule has 1 saturated heterocycles. The number of aromatic nitrogens is 4. The molecule has 1 fully saturated rings. The lowest BCUT2D eigenvalue weighted by Gasteiger charge is -2.36. The summed E-state index contributed by atoms with van der Waals surface area (Å²) < 4.78 is 47.0. The number of piperidine rings is 1. The molecule has 2 heterocycles. The Morgan fingerprint density at radius 1 is 1.12 bits per heavy atom. The van der Waals surface area contributed by atoms with Crippen molar-refractivity contribution >= 4 is 0 Å². The largest absolute Gasteiger partial charge is 0.497 e. The van der Waals surface area contributed by atoms with Crippen LogP contribution < -0.4 is 4.74 Å². The molecule has 4 rings (SSSR count). The number of halogens is 3. The number of methoxy groups -OCH3 is 1. The first-order valence-corrected chi connectivity index (χ1v) is 10.3. The topological polar surface area (TPSA) is 76.3 Å². The van der Waals surface area contributed by atoms with Crippen molar-refractivity contribution < 1.29 is 23.0 Å². The number of likely N-dealkylation sites (tertiary alicyclic amines) is 1. The van der Waals surface area contributed by atoms with Gasteiger partial charge in [0.15, 0.2) is 5.82 Å². The fraction of sp³-hybridized carbons (Fsp3) is 0.409. The third-order valence-electron chi connectivity index (χ3n) is 5.69. The normalized spacial score (nSPS) is 16.8. The smallest absolute Gasteiger partial charge is 0.416 e. The average Bonchev–Trinajstić information content (AvgIpc) is 3.23. The Hall–Kier alpha value is -2.98. The lowest BCUT2D eigenvalue weighted by atomic mass is 9.98. The van der Waals surface area contributed by atoms with E-state index in [0.717, 1.165) is 23.4 Å². The minimum atomic E-state index is -4.45. The molecule has 0 spiro atoms. The van der Waals surface area contributed by atoms with Gasteiger partial charge in [-0.3, -0.25) is 4.90 Å². The Labute approximate surface area is 183 Å². The Bertz CT molecular complexity index is 1030. The van der Waals surface area contributed by atoms with Crippen LogP contribution in [0, 0.1) is 0 Å². The number of hydrogen-bond acceptors (Lipinski definition) is 6. The molecule has 7 nitrogen and oxygen atoms in total. The quantitative estimate of drug-likeness (QED) is 0.625. The molecule has 0 bridgehead atoms. The number of aliphatic hydroxyl groups is 1. The van der Waals surface area contributed by atoms with Gasteiger partial charge in [-0.15, -0.1) is 5.10 Å². The van der Waals surface area contributed by atoms with Crippen LogP contribution in [0.3, 0.4) is 0 Å². The lowest BCUT2D eigenvalue weighted by Crippen LogP contribution is -2.40. The number of aliphatic hydroxyl groups excluding tert-OH is 1.